The third-order valence-electron chi connectivity index (χ3n) is 3.21. The van der Waals surface area contributed by atoms with Crippen molar-refractivity contribution in [2.75, 3.05) is 19.7 Å². The fourth-order valence-corrected chi connectivity index (χ4v) is 2.21. The molecule has 0 spiro atoms. The second kappa shape index (κ2) is 8.40. The van der Waals surface area contributed by atoms with Crippen molar-refractivity contribution in [1.29, 1.82) is 0 Å². The van der Waals surface area contributed by atoms with Crippen LogP contribution in [-0.2, 0) is 0 Å². The zero-order valence-corrected chi connectivity index (χ0v) is 13.8. The van der Waals surface area contributed by atoms with E-state index in [1.54, 1.807) is 37.3 Å². The van der Waals surface area contributed by atoms with Crippen LogP contribution in [0.15, 0.2) is 42.5 Å². The summed E-state index contributed by atoms with van der Waals surface area (Å²) in [6.07, 6.45) is -0.994. The number of likely N-dealkylation sites (N-methyl/N-ethyl adjacent to an activating group) is 1. The minimum atomic E-state index is -0.994. The Kier molecular flexibility index (Phi) is 6.26. The Morgan fingerprint density at radius 1 is 1.25 bits per heavy atom. The van der Waals surface area contributed by atoms with Crippen molar-refractivity contribution in [2.45, 2.75) is 6.92 Å². The zero-order valence-electron chi connectivity index (χ0n) is 13.0. The number of nitrogens with zero attached hydrogens (tertiary/aromatic N) is 1. The van der Waals surface area contributed by atoms with Gasteiger partial charge in [0.2, 0.25) is 0 Å². The molecule has 2 aromatic carbocycles. The molecule has 7 heteroatoms. The molecular formula is C17H17ClFNO4. The number of hydrogen-bond acceptors (Lipinski definition) is 3. The molecule has 0 fully saturated rings. The van der Waals surface area contributed by atoms with Crippen LogP contribution in [0, 0.1) is 5.82 Å². The Morgan fingerprint density at radius 2 is 2.00 bits per heavy atom. The average Bonchev–Trinajstić information content (AvgIpc) is 2.53. The van der Waals surface area contributed by atoms with Crippen LogP contribution in [-0.4, -0.2) is 35.8 Å². The molecule has 5 nitrogen and oxygen atoms in total. The lowest BCUT2D eigenvalue weighted by Gasteiger charge is -2.17. The van der Waals surface area contributed by atoms with Crippen molar-refractivity contribution in [3.05, 3.63) is 53.3 Å². The maximum atomic E-state index is 13.1. The quantitative estimate of drug-likeness (QED) is 0.787. The molecule has 1 N–H and O–H groups in total. The van der Waals surface area contributed by atoms with Crippen molar-refractivity contribution < 1.29 is 23.8 Å². The summed E-state index contributed by atoms with van der Waals surface area (Å²) >= 11 is 6.13. The van der Waals surface area contributed by atoms with Gasteiger partial charge in [-0.3, -0.25) is 0 Å². The highest BCUT2D eigenvalue weighted by Crippen LogP contribution is 2.31. The van der Waals surface area contributed by atoms with Crippen LogP contribution < -0.4 is 9.47 Å². The largest absolute Gasteiger partial charge is 0.490 e. The minimum absolute atomic E-state index is 0.184. The number of halogens is 2. The van der Waals surface area contributed by atoms with Gasteiger partial charge in [0, 0.05) is 18.7 Å². The van der Waals surface area contributed by atoms with Crippen LogP contribution in [0.1, 0.15) is 6.92 Å². The van der Waals surface area contributed by atoms with Crippen molar-refractivity contribution in [2.24, 2.45) is 0 Å². The van der Waals surface area contributed by atoms with Crippen LogP contribution in [0.5, 0.6) is 17.2 Å². The van der Waals surface area contributed by atoms with Crippen molar-refractivity contribution >= 4 is 17.7 Å². The Bertz CT molecular complexity index is 711. The summed E-state index contributed by atoms with van der Waals surface area (Å²) in [4.78, 5) is 12.1. The van der Waals surface area contributed by atoms with Gasteiger partial charge in [0.15, 0.2) is 0 Å². The van der Waals surface area contributed by atoms with Gasteiger partial charge in [-0.05, 0) is 31.2 Å². The van der Waals surface area contributed by atoms with Crippen molar-refractivity contribution in [3.8, 4) is 17.2 Å². The number of amides is 1. The van der Waals surface area contributed by atoms with Crippen molar-refractivity contribution in [3.63, 3.8) is 0 Å². The Morgan fingerprint density at radius 3 is 2.62 bits per heavy atom. The molecular weight excluding hydrogens is 337 g/mol. The lowest BCUT2D eigenvalue weighted by atomic mass is 10.3. The van der Waals surface area contributed by atoms with Crippen LogP contribution in [0.25, 0.3) is 0 Å². The summed E-state index contributed by atoms with van der Waals surface area (Å²) in [5.74, 6) is 0.834. The highest BCUT2D eigenvalue weighted by atomic mass is 35.5. The van der Waals surface area contributed by atoms with Crippen LogP contribution in [0.3, 0.4) is 0 Å². The van der Waals surface area contributed by atoms with E-state index in [1.165, 1.54) is 17.0 Å². The molecule has 1 amide bonds. The maximum absolute atomic E-state index is 13.1. The summed E-state index contributed by atoms with van der Waals surface area (Å²) in [7, 11) is 0. The van der Waals surface area contributed by atoms with Gasteiger partial charge in [0.25, 0.3) is 0 Å². The first-order valence-corrected chi connectivity index (χ1v) is 7.71. The molecule has 0 bridgehead atoms. The molecule has 0 radical (unpaired) electrons. The lowest BCUT2D eigenvalue weighted by Crippen LogP contribution is -2.33. The van der Waals surface area contributed by atoms with Gasteiger partial charge in [0.05, 0.1) is 11.6 Å². The van der Waals surface area contributed by atoms with E-state index in [0.717, 1.165) is 0 Å². The second-order valence-corrected chi connectivity index (χ2v) is 5.27. The van der Waals surface area contributed by atoms with Gasteiger partial charge in [-0.2, -0.15) is 0 Å². The van der Waals surface area contributed by atoms with E-state index in [0.29, 0.717) is 28.8 Å². The Balaban J connectivity index is 1.95. The number of carboxylic acid groups (broad SMARTS) is 1. The Hall–Kier alpha value is -2.47. The fourth-order valence-electron chi connectivity index (χ4n) is 1.98. The van der Waals surface area contributed by atoms with Gasteiger partial charge in [-0.1, -0.05) is 17.7 Å². The van der Waals surface area contributed by atoms with Gasteiger partial charge in [-0.25, -0.2) is 9.18 Å². The summed E-state index contributed by atoms with van der Waals surface area (Å²) in [5, 5.41) is 9.24. The monoisotopic (exact) mass is 353 g/mol. The number of hydrogen-bond donors (Lipinski definition) is 1. The molecule has 0 atom stereocenters. The highest BCUT2D eigenvalue weighted by Gasteiger charge is 2.10. The van der Waals surface area contributed by atoms with Gasteiger partial charge in [-0.15, -0.1) is 0 Å². The van der Waals surface area contributed by atoms with E-state index in [-0.39, 0.29) is 13.2 Å². The molecule has 2 rings (SSSR count). The molecule has 0 heterocycles. The normalized spacial score (nSPS) is 10.3. The molecule has 2 aromatic rings. The predicted octanol–water partition coefficient (Wildman–Crippen LogP) is 4.65. The SMILES string of the molecule is CCN(CCOc1ccc(Oc2cccc(F)c2)cc1Cl)C(=O)O. The van der Waals surface area contributed by atoms with Gasteiger partial charge in [0.1, 0.15) is 29.7 Å². The van der Waals surface area contributed by atoms with Crippen LogP contribution in [0.4, 0.5) is 9.18 Å². The first kappa shape index (κ1) is 17.9. The molecule has 0 aliphatic heterocycles. The summed E-state index contributed by atoms with van der Waals surface area (Å²) < 4.78 is 24.1. The smallest absolute Gasteiger partial charge is 0.407 e. The van der Waals surface area contributed by atoms with E-state index in [1.807, 2.05) is 0 Å². The highest BCUT2D eigenvalue weighted by molar-refractivity contribution is 6.32. The average molecular weight is 354 g/mol. The zero-order chi connectivity index (χ0) is 17.5. The van der Waals surface area contributed by atoms with E-state index in [4.69, 9.17) is 26.2 Å². The molecule has 0 unspecified atom stereocenters. The number of benzene rings is 2. The molecule has 0 aliphatic carbocycles. The third kappa shape index (κ3) is 5.03. The number of ether oxygens (including phenoxy) is 2. The standard InChI is InChI=1S/C17H17ClFNO4/c1-2-20(17(21)22)8-9-23-16-7-6-14(11-15(16)18)24-13-5-3-4-12(19)10-13/h3-7,10-11H,2,8-9H2,1H3,(H,21,22). The van der Waals surface area contributed by atoms with Gasteiger partial charge < -0.3 is 19.5 Å². The molecule has 0 aliphatic rings. The number of carbonyl (C=O) groups is 1. The summed E-state index contributed by atoms with van der Waals surface area (Å²) in [6, 6.07) is 10.6. The topological polar surface area (TPSA) is 59.0 Å². The summed E-state index contributed by atoms with van der Waals surface area (Å²) in [5.41, 5.74) is 0. The van der Waals surface area contributed by atoms with E-state index >= 15 is 0 Å². The van der Waals surface area contributed by atoms with Crippen LogP contribution >= 0.6 is 11.6 Å². The molecule has 0 aromatic heterocycles. The molecule has 0 saturated carbocycles. The fraction of sp³-hybridized carbons (Fsp3) is 0.235. The molecule has 128 valence electrons. The first-order chi connectivity index (χ1) is 11.5. The minimum Gasteiger partial charge on any atom is -0.490 e. The Labute approximate surface area is 144 Å². The van der Waals surface area contributed by atoms with E-state index < -0.39 is 11.9 Å². The summed E-state index contributed by atoms with van der Waals surface area (Å²) in [6.45, 7) is 2.56. The second-order valence-electron chi connectivity index (χ2n) is 4.86. The lowest BCUT2D eigenvalue weighted by molar-refractivity contribution is 0.138. The van der Waals surface area contributed by atoms with Crippen LogP contribution in [0.2, 0.25) is 5.02 Å². The molecule has 24 heavy (non-hydrogen) atoms. The third-order valence-corrected chi connectivity index (χ3v) is 3.50. The van der Waals surface area contributed by atoms with Gasteiger partial charge >= 0.3 is 6.09 Å². The molecule has 0 saturated heterocycles. The predicted molar refractivity (Wildman–Crippen MR) is 88.7 cm³/mol. The first-order valence-electron chi connectivity index (χ1n) is 7.33. The van der Waals surface area contributed by atoms with E-state index in [2.05, 4.69) is 0 Å². The number of rotatable bonds is 7. The maximum Gasteiger partial charge on any atom is 0.407 e. The van der Waals surface area contributed by atoms with E-state index in [9.17, 15) is 9.18 Å². The van der Waals surface area contributed by atoms with Crippen molar-refractivity contribution in [1.82, 2.24) is 4.90 Å².